The number of nitrogens with zero attached hydrogens (tertiary/aromatic N) is 1. The van der Waals surface area contributed by atoms with E-state index < -0.39 is 0 Å². The third-order valence-corrected chi connectivity index (χ3v) is 2.60. The van der Waals surface area contributed by atoms with Crippen LogP contribution in [-0.2, 0) is 6.54 Å². The van der Waals surface area contributed by atoms with Crippen molar-refractivity contribution in [1.82, 2.24) is 10.3 Å². The summed E-state index contributed by atoms with van der Waals surface area (Å²) in [6.45, 7) is 0.708. The van der Waals surface area contributed by atoms with Gasteiger partial charge in [-0.25, -0.2) is 0 Å². The van der Waals surface area contributed by atoms with Gasteiger partial charge in [-0.2, -0.15) is 0 Å². The average Bonchev–Trinajstić information content (AvgIpc) is 2.45. The molecule has 0 radical (unpaired) electrons. The summed E-state index contributed by atoms with van der Waals surface area (Å²) in [5.41, 5.74) is 2.72. The van der Waals surface area contributed by atoms with Gasteiger partial charge in [-0.05, 0) is 35.9 Å². The van der Waals surface area contributed by atoms with Gasteiger partial charge in [0.15, 0.2) is 0 Å². The molecule has 0 spiro atoms. The number of anilines is 1. The van der Waals surface area contributed by atoms with Crippen LogP contribution in [0.25, 0.3) is 0 Å². The van der Waals surface area contributed by atoms with E-state index >= 15 is 0 Å². The van der Waals surface area contributed by atoms with Gasteiger partial charge in [0.2, 0.25) is 0 Å². The Morgan fingerprint density at radius 2 is 2.00 bits per heavy atom. The van der Waals surface area contributed by atoms with E-state index in [1.165, 1.54) is 0 Å². The Labute approximate surface area is 106 Å². The van der Waals surface area contributed by atoms with E-state index in [9.17, 15) is 4.79 Å². The molecule has 0 fully saturated rings. The van der Waals surface area contributed by atoms with Gasteiger partial charge in [0.05, 0.1) is 0 Å². The van der Waals surface area contributed by atoms with Gasteiger partial charge in [-0.15, -0.1) is 0 Å². The Bertz CT molecular complexity index is 526. The fourth-order valence-electron chi connectivity index (χ4n) is 1.62. The smallest absolute Gasteiger partial charge is 0.251 e. The fraction of sp³-hybridized carbons (Fsp3) is 0.143. The van der Waals surface area contributed by atoms with Crippen LogP contribution in [0.15, 0.2) is 48.8 Å². The topological polar surface area (TPSA) is 54.0 Å². The zero-order valence-electron chi connectivity index (χ0n) is 10.2. The summed E-state index contributed by atoms with van der Waals surface area (Å²) in [5, 5.41) is 5.88. The van der Waals surface area contributed by atoms with Crippen molar-refractivity contribution in [3.63, 3.8) is 0 Å². The highest BCUT2D eigenvalue weighted by Crippen LogP contribution is 2.12. The van der Waals surface area contributed by atoms with E-state index in [2.05, 4.69) is 15.6 Å². The molecule has 0 aliphatic rings. The lowest BCUT2D eigenvalue weighted by atomic mass is 10.2. The largest absolute Gasteiger partial charge is 0.381 e. The molecule has 0 unspecified atom stereocenters. The predicted octanol–water partition coefficient (Wildman–Crippen LogP) is 2.05. The molecule has 2 rings (SSSR count). The van der Waals surface area contributed by atoms with E-state index in [0.29, 0.717) is 12.1 Å². The Kier molecular flexibility index (Phi) is 3.91. The number of carbonyl (C=O) groups excluding carboxylic acids is 1. The molecule has 1 aromatic heterocycles. The van der Waals surface area contributed by atoms with Crippen LogP contribution in [0.2, 0.25) is 0 Å². The number of amides is 1. The van der Waals surface area contributed by atoms with Crippen molar-refractivity contribution in [2.45, 2.75) is 6.54 Å². The van der Waals surface area contributed by atoms with Crippen LogP contribution in [0.4, 0.5) is 5.69 Å². The number of hydrogen-bond acceptors (Lipinski definition) is 3. The van der Waals surface area contributed by atoms with Crippen LogP contribution in [0, 0.1) is 0 Å². The minimum Gasteiger partial charge on any atom is -0.381 e. The van der Waals surface area contributed by atoms with Crippen LogP contribution in [0.5, 0.6) is 0 Å². The lowest BCUT2D eigenvalue weighted by Crippen LogP contribution is -2.17. The van der Waals surface area contributed by atoms with Crippen LogP contribution in [0.1, 0.15) is 15.9 Å². The number of carbonyl (C=O) groups is 1. The number of benzene rings is 1. The average molecular weight is 241 g/mol. The molecular formula is C14H15N3O. The second-order valence-electron chi connectivity index (χ2n) is 3.87. The van der Waals surface area contributed by atoms with Crippen molar-refractivity contribution < 1.29 is 4.79 Å². The molecule has 4 nitrogen and oxygen atoms in total. The van der Waals surface area contributed by atoms with E-state index in [-0.39, 0.29) is 5.91 Å². The van der Waals surface area contributed by atoms with Crippen LogP contribution >= 0.6 is 0 Å². The molecular weight excluding hydrogens is 226 g/mol. The zero-order valence-corrected chi connectivity index (χ0v) is 10.2. The van der Waals surface area contributed by atoms with Gasteiger partial charge in [-0.1, -0.05) is 6.07 Å². The first-order valence-electron chi connectivity index (χ1n) is 5.74. The first-order valence-corrected chi connectivity index (χ1v) is 5.74. The summed E-state index contributed by atoms with van der Waals surface area (Å²) in [7, 11) is 1.62. The van der Waals surface area contributed by atoms with Gasteiger partial charge >= 0.3 is 0 Å². The fourth-order valence-corrected chi connectivity index (χ4v) is 1.62. The second kappa shape index (κ2) is 5.82. The monoisotopic (exact) mass is 241 g/mol. The van der Waals surface area contributed by atoms with Crippen molar-refractivity contribution in [2.24, 2.45) is 0 Å². The third-order valence-electron chi connectivity index (χ3n) is 2.60. The molecule has 1 amide bonds. The molecule has 1 aromatic carbocycles. The quantitative estimate of drug-likeness (QED) is 0.861. The molecule has 0 bridgehead atoms. The summed E-state index contributed by atoms with van der Waals surface area (Å²) in [4.78, 5) is 15.5. The standard InChI is InChI=1S/C14H15N3O/c1-15-14(18)12-3-2-4-13(9-12)17-10-11-5-7-16-8-6-11/h2-9,17H,10H2,1H3,(H,15,18). The molecule has 2 aromatic rings. The lowest BCUT2D eigenvalue weighted by Gasteiger charge is -2.07. The van der Waals surface area contributed by atoms with Crippen molar-refractivity contribution in [3.05, 3.63) is 59.9 Å². The van der Waals surface area contributed by atoms with Gasteiger partial charge in [0.1, 0.15) is 0 Å². The minimum atomic E-state index is -0.0810. The zero-order chi connectivity index (χ0) is 12.8. The van der Waals surface area contributed by atoms with E-state index in [0.717, 1.165) is 11.3 Å². The van der Waals surface area contributed by atoms with Gasteiger partial charge in [-0.3, -0.25) is 9.78 Å². The summed E-state index contributed by atoms with van der Waals surface area (Å²) < 4.78 is 0. The first kappa shape index (κ1) is 12.1. The Morgan fingerprint density at radius 3 is 2.72 bits per heavy atom. The van der Waals surface area contributed by atoms with Crippen LogP contribution in [0.3, 0.4) is 0 Å². The van der Waals surface area contributed by atoms with Crippen LogP contribution < -0.4 is 10.6 Å². The molecule has 92 valence electrons. The van der Waals surface area contributed by atoms with Crippen molar-refractivity contribution in [2.75, 3.05) is 12.4 Å². The Balaban J connectivity index is 2.04. The van der Waals surface area contributed by atoms with Crippen molar-refractivity contribution in [3.8, 4) is 0 Å². The van der Waals surface area contributed by atoms with E-state index in [1.54, 1.807) is 25.5 Å². The molecule has 0 aliphatic heterocycles. The summed E-state index contributed by atoms with van der Waals surface area (Å²) in [6.07, 6.45) is 3.52. The number of hydrogen-bond donors (Lipinski definition) is 2. The first-order chi connectivity index (χ1) is 8.79. The third kappa shape index (κ3) is 3.07. The molecule has 1 heterocycles. The Morgan fingerprint density at radius 1 is 1.22 bits per heavy atom. The number of rotatable bonds is 4. The molecule has 4 heteroatoms. The second-order valence-corrected chi connectivity index (χ2v) is 3.87. The highest BCUT2D eigenvalue weighted by atomic mass is 16.1. The molecule has 0 saturated heterocycles. The van der Waals surface area contributed by atoms with E-state index in [1.807, 2.05) is 30.3 Å². The van der Waals surface area contributed by atoms with Crippen molar-refractivity contribution >= 4 is 11.6 Å². The van der Waals surface area contributed by atoms with Gasteiger partial charge < -0.3 is 10.6 Å². The summed E-state index contributed by atoms with van der Waals surface area (Å²) in [5.74, 6) is -0.0810. The highest BCUT2D eigenvalue weighted by molar-refractivity contribution is 5.94. The summed E-state index contributed by atoms with van der Waals surface area (Å²) >= 11 is 0. The minimum absolute atomic E-state index is 0.0810. The maximum Gasteiger partial charge on any atom is 0.251 e. The number of nitrogens with one attached hydrogen (secondary N) is 2. The molecule has 0 aliphatic carbocycles. The predicted molar refractivity (Wildman–Crippen MR) is 71.4 cm³/mol. The Hall–Kier alpha value is -2.36. The highest BCUT2D eigenvalue weighted by Gasteiger charge is 2.03. The van der Waals surface area contributed by atoms with Crippen molar-refractivity contribution in [1.29, 1.82) is 0 Å². The molecule has 2 N–H and O–H groups in total. The maximum absolute atomic E-state index is 11.5. The molecule has 0 atom stereocenters. The molecule has 0 saturated carbocycles. The van der Waals surface area contributed by atoms with Gasteiger partial charge in [0, 0.05) is 37.2 Å². The van der Waals surface area contributed by atoms with Crippen LogP contribution in [-0.4, -0.2) is 17.9 Å². The molecule has 18 heavy (non-hydrogen) atoms. The van der Waals surface area contributed by atoms with Gasteiger partial charge in [0.25, 0.3) is 5.91 Å². The normalized spacial score (nSPS) is 9.83. The number of aromatic nitrogens is 1. The summed E-state index contributed by atoms with van der Waals surface area (Å²) in [6, 6.07) is 11.3. The number of pyridine rings is 1. The van der Waals surface area contributed by atoms with E-state index in [4.69, 9.17) is 0 Å². The maximum atomic E-state index is 11.5. The SMILES string of the molecule is CNC(=O)c1cccc(NCc2ccncc2)c1. The lowest BCUT2D eigenvalue weighted by molar-refractivity contribution is 0.0963.